The average Bonchev–Trinajstić information content (AvgIpc) is 2.30. The molecule has 0 heterocycles. The highest BCUT2D eigenvalue weighted by Crippen LogP contribution is 2.10. The highest BCUT2D eigenvalue weighted by atomic mass is 19.1. The standard InChI is InChI=1S/C13H15FN2O/c1-2-3-4-7-16-9-11-8-10(13(15)17)5-6-12(11)14/h5-6,8,16H,4,7,9H2,1H3,(H2,15,17). The molecule has 0 saturated carbocycles. The fraction of sp³-hybridized carbons (Fsp3) is 0.308. The van der Waals surface area contributed by atoms with Gasteiger partial charge < -0.3 is 11.1 Å². The molecule has 17 heavy (non-hydrogen) atoms. The number of rotatable bonds is 5. The minimum atomic E-state index is -0.553. The molecule has 1 aromatic carbocycles. The van der Waals surface area contributed by atoms with Crippen LogP contribution in [-0.2, 0) is 6.54 Å². The summed E-state index contributed by atoms with van der Waals surface area (Å²) < 4.78 is 13.4. The van der Waals surface area contributed by atoms with Crippen LogP contribution in [0, 0.1) is 17.7 Å². The van der Waals surface area contributed by atoms with Gasteiger partial charge in [-0.15, -0.1) is 11.8 Å². The monoisotopic (exact) mass is 234 g/mol. The molecule has 0 spiro atoms. The van der Waals surface area contributed by atoms with Crippen LogP contribution in [0.15, 0.2) is 18.2 Å². The molecule has 1 aromatic rings. The van der Waals surface area contributed by atoms with Gasteiger partial charge in [0.05, 0.1) is 0 Å². The number of hydrogen-bond donors (Lipinski definition) is 2. The number of primary amides is 1. The van der Waals surface area contributed by atoms with Gasteiger partial charge in [-0.3, -0.25) is 4.79 Å². The summed E-state index contributed by atoms with van der Waals surface area (Å²) in [5.41, 5.74) is 5.88. The van der Waals surface area contributed by atoms with Crippen LogP contribution in [-0.4, -0.2) is 12.5 Å². The first-order chi connectivity index (χ1) is 8.15. The summed E-state index contributed by atoms with van der Waals surface area (Å²) in [6.07, 6.45) is 0.716. The molecule has 0 aliphatic rings. The first-order valence-corrected chi connectivity index (χ1v) is 5.33. The zero-order valence-corrected chi connectivity index (χ0v) is 9.72. The number of halogens is 1. The Morgan fingerprint density at radius 1 is 1.53 bits per heavy atom. The lowest BCUT2D eigenvalue weighted by Crippen LogP contribution is -2.17. The third-order valence-corrected chi connectivity index (χ3v) is 2.25. The number of nitrogens with one attached hydrogen (secondary N) is 1. The van der Waals surface area contributed by atoms with E-state index in [1.165, 1.54) is 18.2 Å². The van der Waals surface area contributed by atoms with Crippen molar-refractivity contribution in [2.45, 2.75) is 19.9 Å². The molecule has 0 bridgehead atoms. The average molecular weight is 234 g/mol. The first-order valence-electron chi connectivity index (χ1n) is 5.33. The van der Waals surface area contributed by atoms with Crippen LogP contribution in [0.25, 0.3) is 0 Å². The summed E-state index contributed by atoms with van der Waals surface area (Å²) >= 11 is 0. The van der Waals surface area contributed by atoms with Crippen LogP contribution in [0.3, 0.4) is 0 Å². The lowest BCUT2D eigenvalue weighted by Gasteiger charge is -2.06. The van der Waals surface area contributed by atoms with Crippen molar-refractivity contribution < 1.29 is 9.18 Å². The van der Waals surface area contributed by atoms with Crippen LogP contribution < -0.4 is 11.1 Å². The van der Waals surface area contributed by atoms with Crippen LogP contribution in [0.4, 0.5) is 4.39 Å². The summed E-state index contributed by atoms with van der Waals surface area (Å²) in [6, 6.07) is 4.10. The van der Waals surface area contributed by atoms with Crippen LogP contribution in [0.2, 0.25) is 0 Å². The van der Waals surface area contributed by atoms with E-state index in [0.29, 0.717) is 30.6 Å². The first kappa shape index (κ1) is 13.2. The molecule has 90 valence electrons. The topological polar surface area (TPSA) is 55.1 Å². The van der Waals surface area contributed by atoms with Gasteiger partial charge >= 0.3 is 0 Å². The molecule has 0 radical (unpaired) electrons. The molecule has 1 amide bonds. The molecular formula is C13H15FN2O. The minimum absolute atomic E-state index is 0.316. The highest BCUT2D eigenvalue weighted by Gasteiger charge is 2.06. The maximum atomic E-state index is 13.4. The Morgan fingerprint density at radius 3 is 2.94 bits per heavy atom. The van der Waals surface area contributed by atoms with E-state index in [0.717, 1.165) is 0 Å². The van der Waals surface area contributed by atoms with Gasteiger partial charge in [0.15, 0.2) is 0 Å². The number of carbonyl (C=O) groups is 1. The Hall–Kier alpha value is -1.86. The van der Waals surface area contributed by atoms with Gasteiger partial charge in [0.25, 0.3) is 0 Å². The molecule has 0 atom stereocenters. The van der Waals surface area contributed by atoms with Gasteiger partial charge in [0.2, 0.25) is 5.91 Å². The van der Waals surface area contributed by atoms with E-state index in [-0.39, 0.29) is 5.82 Å². The van der Waals surface area contributed by atoms with Gasteiger partial charge in [-0.2, -0.15) is 0 Å². The third-order valence-electron chi connectivity index (χ3n) is 2.25. The van der Waals surface area contributed by atoms with E-state index in [4.69, 9.17) is 5.73 Å². The Bertz CT molecular complexity index is 460. The molecule has 4 heteroatoms. The molecular weight excluding hydrogens is 219 g/mol. The molecule has 0 aliphatic heterocycles. The summed E-state index contributed by atoms with van der Waals surface area (Å²) in [5.74, 6) is 4.78. The van der Waals surface area contributed by atoms with Crippen molar-refractivity contribution >= 4 is 5.91 Å². The molecule has 0 fully saturated rings. The number of nitrogens with two attached hydrogens (primary N) is 1. The van der Waals surface area contributed by atoms with Gasteiger partial charge in [-0.05, 0) is 25.1 Å². The van der Waals surface area contributed by atoms with E-state index < -0.39 is 5.91 Å². The number of carbonyl (C=O) groups excluding carboxylic acids is 1. The smallest absolute Gasteiger partial charge is 0.248 e. The van der Waals surface area contributed by atoms with Crippen molar-refractivity contribution in [1.29, 1.82) is 0 Å². The van der Waals surface area contributed by atoms with Crippen LogP contribution in [0.1, 0.15) is 29.3 Å². The summed E-state index contributed by atoms with van der Waals surface area (Å²) in [5, 5.41) is 3.05. The van der Waals surface area contributed by atoms with Gasteiger partial charge in [0, 0.05) is 30.6 Å². The number of benzene rings is 1. The van der Waals surface area contributed by atoms with Gasteiger partial charge in [-0.25, -0.2) is 4.39 Å². The Kier molecular flexibility index (Phi) is 5.18. The van der Waals surface area contributed by atoms with Crippen molar-refractivity contribution in [3.05, 3.63) is 35.1 Å². The van der Waals surface area contributed by atoms with Crippen molar-refractivity contribution in [3.8, 4) is 11.8 Å². The Labute approximate surface area is 100 Å². The van der Waals surface area contributed by atoms with Crippen molar-refractivity contribution in [3.63, 3.8) is 0 Å². The van der Waals surface area contributed by atoms with Crippen molar-refractivity contribution in [1.82, 2.24) is 5.32 Å². The summed E-state index contributed by atoms with van der Waals surface area (Å²) in [6.45, 7) is 2.81. The van der Waals surface area contributed by atoms with Gasteiger partial charge in [-0.1, -0.05) is 0 Å². The van der Waals surface area contributed by atoms with Crippen LogP contribution in [0.5, 0.6) is 0 Å². The van der Waals surface area contributed by atoms with E-state index in [1.807, 2.05) is 0 Å². The Balaban J connectivity index is 2.59. The molecule has 0 aromatic heterocycles. The normalized spacial score (nSPS) is 9.53. The predicted molar refractivity (Wildman–Crippen MR) is 64.7 cm³/mol. The second kappa shape index (κ2) is 6.66. The second-order valence-electron chi connectivity index (χ2n) is 3.52. The zero-order chi connectivity index (χ0) is 12.7. The molecule has 1 rings (SSSR count). The van der Waals surface area contributed by atoms with E-state index in [9.17, 15) is 9.18 Å². The van der Waals surface area contributed by atoms with E-state index >= 15 is 0 Å². The maximum Gasteiger partial charge on any atom is 0.248 e. The minimum Gasteiger partial charge on any atom is -0.366 e. The fourth-order valence-corrected chi connectivity index (χ4v) is 1.36. The van der Waals surface area contributed by atoms with E-state index in [1.54, 1.807) is 6.92 Å². The predicted octanol–water partition coefficient (Wildman–Crippen LogP) is 1.43. The molecule has 0 unspecified atom stereocenters. The molecule has 0 aliphatic carbocycles. The lowest BCUT2D eigenvalue weighted by atomic mass is 10.1. The largest absolute Gasteiger partial charge is 0.366 e. The lowest BCUT2D eigenvalue weighted by molar-refractivity contribution is 0.1000. The number of hydrogen-bond acceptors (Lipinski definition) is 2. The molecule has 0 saturated heterocycles. The van der Waals surface area contributed by atoms with Crippen LogP contribution >= 0.6 is 0 Å². The van der Waals surface area contributed by atoms with Crippen molar-refractivity contribution in [2.75, 3.05) is 6.54 Å². The highest BCUT2D eigenvalue weighted by molar-refractivity contribution is 5.92. The number of amides is 1. The van der Waals surface area contributed by atoms with Gasteiger partial charge in [0.1, 0.15) is 5.82 Å². The Morgan fingerprint density at radius 2 is 2.29 bits per heavy atom. The maximum absolute atomic E-state index is 13.4. The summed E-state index contributed by atoms with van der Waals surface area (Å²) in [7, 11) is 0. The third kappa shape index (κ3) is 4.25. The zero-order valence-electron chi connectivity index (χ0n) is 9.72. The van der Waals surface area contributed by atoms with Crippen molar-refractivity contribution in [2.24, 2.45) is 5.73 Å². The second-order valence-corrected chi connectivity index (χ2v) is 3.52. The summed E-state index contributed by atoms with van der Waals surface area (Å²) in [4.78, 5) is 10.9. The molecule has 3 N–H and O–H groups in total. The van der Waals surface area contributed by atoms with E-state index in [2.05, 4.69) is 17.2 Å². The molecule has 3 nitrogen and oxygen atoms in total. The quantitative estimate of drug-likeness (QED) is 0.598. The SMILES string of the molecule is CC#CCCNCc1cc(C(N)=O)ccc1F. The fourth-order valence-electron chi connectivity index (χ4n) is 1.36.